The zero-order valence-corrected chi connectivity index (χ0v) is 14.2. The lowest BCUT2D eigenvalue weighted by Gasteiger charge is -2.26. The minimum absolute atomic E-state index is 0.377. The highest BCUT2D eigenvalue weighted by Gasteiger charge is 2.31. The van der Waals surface area contributed by atoms with Gasteiger partial charge in [0.2, 0.25) is 0 Å². The molecule has 1 aromatic heterocycles. The molecule has 0 bridgehead atoms. The minimum Gasteiger partial charge on any atom is -0.383 e. The normalized spacial score (nSPS) is 19.8. The molecular weight excluding hydrogens is 282 g/mol. The average Bonchev–Trinajstić information content (AvgIpc) is 3.38. The molecule has 1 aromatic rings. The van der Waals surface area contributed by atoms with Crippen LogP contribution < -0.4 is 10.2 Å². The molecule has 0 aliphatic heterocycles. The highest BCUT2D eigenvalue weighted by atomic mass is 32.1. The van der Waals surface area contributed by atoms with E-state index < -0.39 is 0 Å². The molecule has 2 aliphatic rings. The van der Waals surface area contributed by atoms with Gasteiger partial charge in [0, 0.05) is 37.0 Å². The Morgan fingerprint density at radius 3 is 2.71 bits per heavy atom. The number of hydrogen-bond acceptors (Lipinski definition) is 5. The predicted octanol–water partition coefficient (Wildman–Crippen LogP) is 3.13. The standard InChI is InChI=1S/C16H27N3OS/c1-4-19(11(2)10-20-3)16-18-15(12-5-6-12)14(21-16)9-17-13-7-8-13/h11-13,17H,4-10H2,1-3H3. The van der Waals surface area contributed by atoms with E-state index in [1.54, 1.807) is 7.11 Å². The maximum Gasteiger partial charge on any atom is 0.186 e. The second-order valence-corrected chi connectivity index (χ2v) is 7.39. The van der Waals surface area contributed by atoms with Crippen LogP contribution in [-0.2, 0) is 11.3 Å². The second kappa shape index (κ2) is 6.63. The fourth-order valence-electron chi connectivity index (χ4n) is 2.77. The van der Waals surface area contributed by atoms with Crippen LogP contribution in [0.1, 0.15) is 56.0 Å². The molecule has 0 spiro atoms. The Morgan fingerprint density at radius 2 is 2.14 bits per heavy atom. The smallest absolute Gasteiger partial charge is 0.186 e. The van der Waals surface area contributed by atoms with E-state index in [2.05, 4.69) is 24.1 Å². The van der Waals surface area contributed by atoms with Crippen LogP contribution in [-0.4, -0.2) is 37.3 Å². The molecule has 21 heavy (non-hydrogen) atoms. The van der Waals surface area contributed by atoms with Crippen molar-refractivity contribution in [2.45, 2.75) is 64.1 Å². The molecule has 1 N–H and O–H groups in total. The molecule has 2 fully saturated rings. The van der Waals surface area contributed by atoms with E-state index in [1.807, 2.05) is 11.3 Å². The third kappa shape index (κ3) is 3.76. The van der Waals surface area contributed by atoms with Crippen molar-refractivity contribution in [3.63, 3.8) is 0 Å². The maximum atomic E-state index is 5.31. The number of ether oxygens (including phenoxy) is 1. The van der Waals surface area contributed by atoms with Crippen LogP contribution >= 0.6 is 11.3 Å². The van der Waals surface area contributed by atoms with E-state index in [-0.39, 0.29) is 0 Å². The molecule has 4 nitrogen and oxygen atoms in total. The molecule has 0 radical (unpaired) electrons. The van der Waals surface area contributed by atoms with Gasteiger partial charge in [-0.15, -0.1) is 11.3 Å². The van der Waals surface area contributed by atoms with Crippen molar-refractivity contribution in [2.24, 2.45) is 0 Å². The van der Waals surface area contributed by atoms with Gasteiger partial charge >= 0.3 is 0 Å². The molecule has 2 saturated carbocycles. The molecule has 5 heteroatoms. The first-order valence-electron chi connectivity index (χ1n) is 8.21. The third-order valence-electron chi connectivity index (χ3n) is 4.34. The molecule has 1 unspecified atom stereocenters. The first-order valence-corrected chi connectivity index (χ1v) is 9.03. The number of likely N-dealkylation sites (N-methyl/N-ethyl adjacent to an activating group) is 1. The fourth-order valence-corrected chi connectivity index (χ4v) is 4.03. The molecule has 1 atom stereocenters. The summed E-state index contributed by atoms with van der Waals surface area (Å²) in [6, 6.07) is 1.14. The van der Waals surface area contributed by atoms with E-state index in [1.165, 1.54) is 41.4 Å². The SMILES string of the molecule is CCN(c1nc(C2CC2)c(CNC2CC2)s1)C(C)COC. The Bertz CT molecular complexity index is 468. The monoisotopic (exact) mass is 309 g/mol. The van der Waals surface area contributed by atoms with Gasteiger partial charge in [-0.25, -0.2) is 4.98 Å². The summed E-state index contributed by atoms with van der Waals surface area (Å²) in [5.74, 6) is 0.724. The number of hydrogen-bond donors (Lipinski definition) is 1. The highest BCUT2D eigenvalue weighted by Crippen LogP contribution is 2.44. The van der Waals surface area contributed by atoms with Crippen molar-refractivity contribution >= 4 is 16.5 Å². The zero-order chi connectivity index (χ0) is 14.8. The van der Waals surface area contributed by atoms with Gasteiger partial charge in [-0.1, -0.05) is 0 Å². The summed E-state index contributed by atoms with van der Waals surface area (Å²) in [4.78, 5) is 8.83. The van der Waals surface area contributed by atoms with Crippen molar-refractivity contribution in [1.29, 1.82) is 0 Å². The summed E-state index contributed by atoms with van der Waals surface area (Å²) < 4.78 is 5.31. The van der Waals surface area contributed by atoms with Gasteiger partial charge in [0.1, 0.15) is 0 Å². The number of nitrogens with zero attached hydrogens (tertiary/aromatic N) is 2. The quantitative estimate of drug-likeness (QED) is 0.760. The summed E-state index contributed by atoms with van der Waals surface area (Å²) in [7, 11) is 1.77. The van der Waals surface area contributed by atoms with E-state index in [9.17, 15) is 0 Å². The molecule has 0 amide bonds. The molecular formula is C16H27N3OS. The van der Waals surface area contributed by atoms with Crippen molar-refractivity contribution in [3.8, 4) is 0 Å². The molecule has 118 valence electrons. The number of aromatic nitrogens is 1. The number of rotatable bonds is 9. The Balaban J connectivity index is 1.75. The summed E-state index contributed by atoms with van der Waals surface area (Å²) in [6.07, 6.45) is 5.32. The topological polar surface area (TPSA) is 37.4 Å². The van der Waals surface area contributed by atoms with Gasteiger partial charge in [0.25, 0.3) is 0 Å². The number of anilines is 1. The summed E-state index contributed by atoms with van der Waals surface area (Å²) in [6.45, 7) is 7.16. The van der Waals surface area contributed by atoms with Gasteiger partial charge in [-0.05, 0) is 39.5 Å². The van der Waals surface area contributed by atoms with Crippen LogP contribution in [0.15, 0.2) is 0 Å². The lowest BCUT2D eigenvalue weighted by molar-refractivity contribution is 0.182. The van der Waals surface area contributed by atoms with Crippen molar-refractivity contribution < 1.29 is 4.74 Å². The zero-order valence-electron chi connectivity index (χ0n) is 13.4. The average molecular weight is 309 g/mol. The number of methoxy groups -OCH3 is 1. The summed E-state index contributed by atoms with van der Waals surface area (Å²) in [5, 5.41) is 4.83. The first-order chi connectivity index (χ1) is 10.2. The lowest BCUT2D eigenvalue weighted by atomic mass is 10.2. The Morgan fingerprint density at radius 1 is 1.38 bits per heavy atom. The van der Waals surface area contributed by atoms with Gasteiger partial charge in [-0.3, -0.25) is 0 Å². The second-order valence-electron chi connectivity index (χ2n) is 6.32. The minimum atomic E-state index is 0.377. The van der Waals surface area contributed by atoms with Gasteiger partial charge < -0.3 is 15.0 Å². The molecule has 0 saturated heterocycles. The lowest BCUT2D eigenvalue weighted by Crippen LogP contribution is -2.36. The van der Waals surface area contributed by atoms with Gasteiger partial charge in [-0.2, -0.15) is 0 Å². The van der Waals surface area contributed by atoms with E-state index >= 15 is 0 Å². The molecule has 2 aliphatic carbocycles. The largest absolute Gasteiger partial charge is 0.383 e. The highest BCUT2D eigenvalue weighted by molar-refractivity contribution is 7.15. The van der Waals surface area contributed by atoms with Gasteiger partial charge in [0.15, 0.2) is 5.13 Å². The van der Waals surface area contributed by atoms with E-state index in [4.69, 9.17) is 9.72 Å². The van der Waals surface area contributed by atoms with Crippen LogP contribution in [0.3, 0.4) is 0 Å². The van der Waals surface area contributed by atoms with Crippen LogP contribution in [0.4, 0.5) is 5.13 Å². The molecule has 0 aromatic carbocycles. The number of nitrogens with one attached hydrogen (secondary N) is 1. The third-order valence-corrected chi connectivity index (χ3v) is 5.44. The summed E-state index contributed by atoms with van der Waals surface area (Å²) in [5.41, 5.74) is 1.37. The Labute approximate surface area is 131 Å². The Hall–Kier alpha value is -0.650. The van der Waals surface area contributed by atoms with Crippen molar-refractivity contribution in [2.75, 3.05) is 25.2 Å². The van der Waals surface area contributed by atoms with Crippen molar-refractivity contribution in [1.82, 2.24) is 10.3 Å². The van der Waals surface area contributed by atoms with Crippen LogP contribution in [0.25, 0.3) is 0 Å². The van der Waals surface area contributed by atoms with Crippen LogP contribution in [0.2, 0.25) is 0 Å². The predicted molar refractivity (Wildman–Crippen MR) is 88.3 cm³/mol. The van der Waals surface area contributed by atoms with Crippen molar-refractivity contribution in [3.05, 3.63) is 10.6 Å². The fraction of sp³-hybridized carbons (Fsp3) is 0.812. The van der Waals surface area contributed by atoms with E-state index in [0.29, 0.717) is 6.04 Å². The molecule has 3 rings (SSSR count). The van der Waals surface area contributed by atoms with Crippen LogP contribution in [0, 0.1) is 0 Å². The number of thiazole rings is 1. The maximum absolute atomic E-state index is 5.31. The molecule has 1 heterocycles. The summed E-state index contributed by atoms with van der Waals surface area (Å²) >= 11 is 1.88. The van der Waals surface area contributed by atoms with Gasteiger partial charge in [0.05, 0.1) is 18.3 Å². The van der Waals surface area contributed by atoms with E-state index in [0.717, 1.165) is 31.7 Å². The Kier molecular flexibility index (Phi) is 4.82. The first kappa shape index (κ1) is 15.3. The van der Waals surface area contributed by atoms with Crippen LogP contribution in [0.5, 0.6) is 0 Å².